The lowest BCUT2D eigenvalue weighted by molar-refractivity contribution is 0.356. The van der Waals surface area contributed by atoms with Crippen molar-refractivity contribution >= 4 is 5.82 Å². The molecule has 0 aliphatic carbocycles. The summed E-state index contributed by atoms with van der Waals surface area (Å²) in [5, 5.41) is 3.63. The maximum atomic E-state index is 11.9. The van der Waals surface area contributed by atoms with Crippen LogP contribution in [0.4, 0.5) is 5.82 Å². The van der Waals surface area contributed by atoms with Crippen molar-refractivity contribution in [3.05, 3.63) is 52.1 Å². The second kappa shape index (κ2) is 6.65. The molecule has 0 unspecified atom stereocenters. The van der Waals surface area contributed by atoms with Crippen LogP contribution >= 0.6 is 0 Å². The van der Waals surface area contributed by atoms with Gasteiger partial charge in [0.2, 0.25) is 0 Å². The summed E-state index contributed by atoms with van der Waals surface area (Å²) in [4.78, 5) is 20.9. The van der Waals surface area contributed by atoms with Crippen LogP contribution in [-0.2, 0) is 13.0 Å². The number of hydrogen-bond donors (Lipinski definition) is 2. The van der Waals surface area contributed by atoms with Crippen LogP contribution in [0, 0.1) is 0 Å². The number of piperidine rings is 1. The molecule has 0 radical (unpaired) electrons. The minimum Gasteiger partial charge on any atom is -0.493 e. The SMILES string of the molecule is O=c1[nH]ccnc1N1CCC[C@H](NCc2ccc3c(c2)CCO3)C1. The fourth-order valence-electron chi connectivity index (χ4n) is 3.52. The monoisotopic (exact) mass is 326 g/mol. The molecule has 24 heavy (non-hydrogen) atoms. The molecule has 0 spiro atoms. The van der Waals surface area contributed by atoms with Gasteiger partial charge in [-0.05, 0) is 30.0 Å². The smallest absolute Gasteiger partial charge is 0.290 e. The first-order valence-electron chi connectivity index (χ1n) is 8.56. The molecule has 1 atom stereocenters. The van der Waals surface area contributed by atoms with Crippen molar-refractivity contribution in [3.8, 4) is 5.75 Å². The van der Waals surface area contributed by atoms with Gasteiger partial charge in [-0.15, -0.1) is 0 Å². The van der Waals surface area contributed by atoms with Crippen LogP contribution in [0.3, 0.4) is 0 Å². The molecule has 6 heteroatoms. The van der Waals surface area contributed by atoms with E-state index >= 15 is 0 Å². The summed E-state index contributed by atoms with van der Waals surface area (Å²) in [6.07, 6.45) is 6.40. The number of nitrogens with zero attached hydrogens (tertiary/aromatic N) is 2. The second-order valence-corrected chi connectivity index (χ2v) is 6.45. The number of aromatic amines is 1. The van der Waals surface area contributed by atoms with Crippen molar-refractivity contribution in [2.45, 2.75) is 31.8 Å². The molecule has 6 nitrogen and oxygen atoms in total. The van der Waals surface area contributed by atoms with Crippen LogP contribution in [0.2, 0.25) is 0 Å². The van der Waals surface area contributed by atoms with Crippen molar-refractivity contribution in [2.24, 2.45) is 0 Å². The number of nitrogens with one attached hydrogen (secondary N) is 2. The van der Waals surface area contributed by atoms with Gasteiger partial charge in [0.1, 0.15) is 5.75 Å². The van der Waals surface area contributed by atoms with E-state index in [0.717, 1.165) is 51.3 Å². The molecule has 1 aromatic carbocycles. The van der Waals surface area contributed by atoms with Crippen LogP contribution in [0.5, 0.6) is 5.75 Å². The Labute approximate surface area is 140 Å². The summed E-state index contributed by atoms with van der Waals surface area (Å²) in [6.45, 7) is 3.33. The van der Waals surface area contributed by atoms with Crippen molar-refractivity contribution in [1.82, 2.24) is 15.3 Å². The van der Waals surface area contributed by atoms with Crippen molar-refractivity contribution in [1.29, 1.82) is 0 Å². The zero-order valence-corrected chi connectivity index (χ0v) is 13.6. The number of fused-ring (bicyclic) bond motifs is 1. The molecule has 1 fully saturated rings. The van der Waals surface area contributed by atoms with Crippen LogP contribution in [-0.4, -0.2) is 35.7 Å². The Balaban J connectivity index is 1.38. The van der Waals surface area contributed by atoms with E-state index in [1.165, 1.54) is 11.1 Å². The van der Waals surface area contributed by atoms with Gasteiger partial charge in [0.05, 0.1) is 6.61 Å². The average Bonchev–Trinajstić information content (AvgIpc) is 3.08. The number of ether oxygens (including phenoxy) is 1. The summed E-state index contributed by atoms with van der Waals surface area (Å²) < 4.78 is 5.56. The Morgan fingerprint density at radius 2 is 2.38 bits per heavy atom. The van der Waals surface area contributed by atoms with Gasteiger partial charge >= 0.3 is 0 Å². The van der Waals surface area contributed by atoms with E-state index in [2.05, 4.69) is 38.4 Å². The highest BCUT2D eigenvalue weighted by Crippen LogP contribution is 2.26. The zero-order valence-electron chi connectivity index (χ0n) is 13.6. The summed E-state index contributed by atoms with van der Waals surface area (Å²) in [6, 6.07) is 6.80. The van der Waals surface area contributed by atoms with Crippen LogP contribution < -0.4 is 20.5 Å². The zero-order chi connectivity index (χ0) is 16.4. The molecular weight excluding hydrogens is 304 g/mol. The number of anilines is 1. The van der Waals surface area contributed by atoms with E-state index < -0.39 is 0 Å². The highest BCUT2D eigenvalue weighted by atomic mass is 16.5. The van der Waals surface area contributed by atoms with Crippen LogP contribution in [0.15, 0.2) is 35.4 Å². The standard InChI is InChI=1S/C18H22N4O2/c23-18-17(19-6-7-20-18)22-8-1-2-15(12-22)21-11-13-3-4-16-14(10-13)5-9-24-16/h3-4,6-7,10,15,21H,1-2,5,8-9,11-12H2,(H,20,23)/t15-/m0/s1. The first-order chi connectivity index (χ1) is 11.8. The highest BCUT2D eigenvalue weighted by Gasteiger charge is 2.22. The fraction of sp³-hybridized carbons (Fsp3) is 0.444. The summed E-state index contributed by atoms with van der Waals surface area (Å²) in [7, 11) is 0. The van der Waals surface area contributed by atoms with Crippen LogP contribution in [0.1, 0.15) is 24.0 Å². The third kappa shape index (κ3) is 3.14. The molecule has 2 aliphatic heterocycles. The van der Waals surface area contributed by atoms with Gasteiger partial charge in [-0.3, -0.25) is 4.79 Å². The number of benzene rings is 1. The molecule has 3 heterocycles. The van der Waals surface area contributed by atoms with Crippen molar-refractivity contribution < 1.29 is 4.74 Å². The summed E-state index contributed by atoms with van der Waals surface area (Å²) >= 11 is 0. The maximum absolute atomic E-state index is 11.9. The predicted molar refractivity (Wildman–Crippen MR) is 92.6 cm³/mol. The third-order valence-corrected chi connectivity index (χ3v) is 4.76. The molecule has 1 saturated heterocycles. The van der Waals surface area contributed by atoms with Crippen molar-refractivity contribution in [2.75, 3.05) is 24.6 Å². The summed E-state index contributed by atoms with van der Waals surface area (Å²) in [5.41, 5.74) is 2.48. The topological polar surface area (TPSA) is 70.2 Å². The molecular formula is C18H22N4O2. The molecule has 2 N–H and O–H groups in total. The molecule has 4 rings (SSSR count). The largest absolute Gasteiger partial charge is 0.493 e. The number of aromatic nitrogens is 2. The van der Waals surface area contributed by atoms with Gasteiger partial charge < -0.3 is 19.9 Å². The van der Waals surface area contributed by atoms with E-state index in [9.17, 15) is 4.79 Å². The first-order valence-corrected chi connectivity index (χ1v) is 8.56. The van der Waals surface area contributed by atoms with Gasteiger partial charge in [-0.2, -0.15) is 0 Å². The van der Waals surface area contributed by atoms with Gasteiger partial charge in [0, 0.05) is 44.5 Å². The minimum atomic E-state index is -0.114. The molecule has 0 saturated carbocycles. The van der Waals surface area contributed by atoms with E-state index in [4.69, 9.17) is 4.74 Å². The van der Waals surface area contributed by atoms with E-state index in [1.807, 2.05) is 0 Å². The lowest BCUT2D eigenvalue weighted by Gasteiger charge is -2.33. The third-order valence-electron chi connectivity index (χ3n) is 4.76. The predicted octanol–water partition coefficient (Wildman–Crippen LogP) is 1.46. The van der Waals surface area contributed by atoms with Gasteiger partial charge in [0.25, 0.3) is 5.56 Å². The number of rotatable bonds is 4. The quantitative estimate of drug-likeness (QED) is 0.890. The molecule has 126 valence electrons. The van der Waals surface area contributed by atoms with Gasteiger partial charge in [-0.1, -0.05) is 12.1 Å². The van der Waals surface area contributed by atoms with E-state index in [1.54, 1.807) is 12.4 Å². The molecule has 0 amide bonds. The maximum Gasteiger partial charge on any atom is 0.290 e. The average molecular weight is 326 g/mol. The second-order valence-electron chi connectivity index (χ2n) is 6.45. The van der Waals surface area contributed by atoms with E-state index in [0.29, 0.717) is 11.9 Å². The molecule has 0 bridgehead atoms. The van der Waals surface area contributed by atoms with E-state index in [-0.39, 0.29) is 5.56 Å². The Bertz CT molecular complexity index is 774. The molecule has 2 aliphatic rings. The van der Waals surface area contributed by atoms with Crippen molar-refractivity contribution in [3.63, 3.8) is 0 Å². The number of hydrogen-bond acceptors (Lipinski definition) is 5. The first kappa shape index (κ1) is 15.2. The highest BCUT2D eigenvalue weighted by molar-refractivity contribution is 5.40. The Hall–Kier alpha value is -2.34. The normalized spacial score (nSPS) is 19.8. The van der Waals surface area contributed by atoms with Crippen LogP contribution in [0.25, 0.3) is 0 Å². The van der Waals surface area contributed by atoms with Gasteiger partial charge in [0.15, 0.2) is 5.82 Å². The Morgan fingerprint density at radius 1 is 1.42 bits per heavy atom. The minimum absolute atomic E-state index is 0.114. The lowest BCUT2D eigenvalue weighted by Crippen LogP contribution is -2.47. The summed E-state index contributed by atoms with van der Waals surface area (Å²) in [5.74, 6) is 1.55. The molecule has 1 aromatic heterocycles. The lowest BCUT2D eigenvalue weighted by atomic mass is 10.0. The number of H-pyrrole nitrogens is 1. The fourth-order valence-corrected chi connectivity index (χ4v) is 3.52. The molecule has 2 aromatic rings. The Morgan fingerprint density at radius 3 is 3.29 bits per heavy atom. The van der Waals surface area contributed by atoms with Gasteiger partial charge in [-0.25, -0.2) is 4.98 Å². The Kier molecular flexibility index (Phi) is 4.21.